The fourth-order valence-corrected chi connectivity index (χ4v) is 1.74. The van der Waals surface area contributed by atoms with Gasteiger partial charge in [-0.1, -0.05) is 12.1 Å². The van der Waals surface area contributed by atoms with Gasteiger partial charge in [0.25, 0.3) is 0 Å². The summed E-state index contributed by atoms with van der Waals surface area (Å²) >= 11 is 0. The molecule has 21 heavy (non-hydrogen) atoms. The lowest BCUT2D eigenvalue weighted by molar-refractivity contribution is -0.144. The maximum Gasteiger partial charge on any atom is 0.328 e. The van der Waals surface area contributed by atoms with Crippen LogP contribution in [0.5, 0.6) is 0 Å². The van der Waals surface area contributed by atoms with Crippen molar-refractivity contribution in [2.45, 2.75) is 32.9 Å². The zero-order valence-corrected chi connectivity index (χ0v) is 12.9. The molecule has 0 aliphatic rings. The number of urea groups is 1. The Balaban J connectivity index is 2.60. The minimum Gasteiger partial charge on any atom is -0.464 e. The number of rotatable bonds is 6. The van der Waals surface area contributed by atoms with E-state index in [0.717, 1.165) is 5.56 Å². The Morgan fingerprint density at radius 2 is 2.00 bits per heavy atom. The molecule has 2 atom stereocenters. The Kier molecular flexibility index (Phi) is 6.68. The zero-order chi connectivity index (χ0) is 15.8. The van der Waals surface area contributed by atoms with E-state index in [2.05, 4.69) is 16.0 Å². The average Bonchev–Trinajstić information content (AvgIpc) is 2.46. The number of ether oxygens (including phenoxy) is 1. The van der Waals surface area contributed by atoms with Crippen molar-refractivity contribution in [3.63, 3.8) is 0 Å². The minimum absolute atomic E-state index is 0.188. The topological polar surface area (TPSA) is 79.5 Å². The van der Waals surface area contributed by atoms with Crippen molar-refractivity contribution in [1.29, 1.82) is 0 Å². The normalized spacial score (nSPS) is 13.1. The number of hydrogen-bond acceptors (Lipinski definition) is 4. The number of benzene rings is 1. The quantitative estimate of drug-likeness (QED) is 0.701. The van der Waals surface area contributed by atoms with Gasteiger partial charge in [0.1, 0.15) is 6.04 Å². The van der Waals surface area contributed by atoms with E-state index in [0.29, 0.717) is 5.69 Å². The van der Waals surface area contributed by atoms with E-state index in [9.17, 15) is 9.59 Å². The third-order valence-electron chi connectivity index (χ3n) is 3.07. The third-order valence-corrected chi connectivity index (χ3v) is 3.07. The van der Waals surface area contributed by atoms with Gasteiger partial charge in [0, 0.05) is 11.7 Å². The van der Waals surface area contributed by atoms with E-state index < -0.39 is 18.0 Å². The molecule has 3 N–H and O–H groups in total. The van der Waals surface area contributed by atoms with Crippen LogP contribution in [0.15, 0.2) is 24.3 Å². The van der Waals surface area contributed by atoms with E-state index in [1.807, 2.05) is 32.2 Å². The summed E-state index contributed by atoms with van der Waals surface area (Å²) in [5, 5.41) is 8.37. The minimum atomic E-state index is -0.690. The molecule has 0 bridgehead atoms. The SMILES string of the molecule is CCOC(=O)C(C)NC(=O)Nc1cccc(C(C)NC)c1. The second-order valence-corrected chi connectivity index (χ2v) is 4.71. The van der Waals surface area contributed by atoms with Gasteiger partial charge in [-0.25, -0.2) is 9.59 Å². The molecular formula is C15H23N3O3. The number of anilines is 1. The second kappa shape index (κ2) is 8.26. The average molecular weight is 293 g/mol. The summed E-state index contributed by atoms with van der Waals surface area (Å²) < 4.78 is 4.83. The molecule has 0 radical (unpaired) electrons. The summed E-state index contributed by atoms with van der Waals surface area (Å²) in [6.07, 6.45) is 0. The first-order chi connectivity index (χ1) is 9.97. The van der Waals surface area contributed by atoms with E-state index in [1.165, 1.54) is 0 Å². The van der Waals surface area contributed by atoms with Crippen molar-refractivity contribution in [2.75, 3.05) is 19.0 Å². The van der Waals surface area contributed by atoms with Gasteiger partial charge in [-0.3, -0.25) is 0 Å². The van der Waals surface area contributed by atoms with Crippen LogP contribution >= 0.6 is 0 Å². The van der Waals surface area contributed by atoms with Crippen molar-refractivity contribution in [3.05, 3.63) is 29.8 Å². The number of nitrogens with one attached hydrogen (secondary N) is 3. The maximum absolute atomic E-state index is 11.8. The molecule has 6 nitrogen and oxygen atoms in total. The summed E-state index contributed by atoms with van der Waals surface area (Å²) in [4.78, 5) is 23.3. The van der Waals surface area contributed by atoms with Crippen LogP contribution in [0.25, 0.3) is 0 Å². The van der Waals surface area contributed by atoms with Crippen molar-refractivity contribution in [2.24, 2.45) is 0 Å². The van der Waals surface area contributed by atoms with Gasteiger partial charge < -0.3 is 20.7 Å². The van der Waals surface area contributed by atoms with Gasteiger partial charge >= 0.3 is 12.0 Å². The highest BCUT2D eigenvalue weighted by atomic mass is 16.5. The summed E-state index contributed by atoms with van der Waals surface area (Å²) in [5.74, 6) is -0.454. The first-order valence-electron chi connectivity index (χ1n) is 6.99. The van der Waals surface area contributed by atoms with Gasteiger partial charge in [0.2, 0.25) is 0 Å². The summed E-state index contributed by atoms with van der Waals surface area (Å²) in [7, 11) is 1.87. The molecule has 6 heteroatoms. The molecule has 0 aliphatic carbocycles. The predicted octanol–water partition coefficient (Wildman–Crippen LogP) is 2.04. The summed E-state index contributed by atoms with van der Waals surface area (Å²) in [6.45, 7) is 5.62. The van der Waals surface area contributed by atoms with Crippen molar-refractivity contribution >= 4 is 17.7 Å². The lowest BCUT2D eigenvalue weighted by atomic mass is 10.1. The summed E-state index contributed by atoms with van der Waals surface area (Å²) in [5.41, 5.74) is 1.73. The van der Waals surface area contributed by atoms with Crippen molar-refractivity contribution in [1.82, 2.24) is 10.6 Å². The van der Waals surface area contributed by atoms with Gasteiger partial charge in [-0.15, -0.1) is 0 Å². The predicted molar refractivity (Wildman–Crippen MR) is 82.2 cm³/mol. The smallest absolute Gasteiger partial charge is 0.328 e. The van der Waals surface area contributed by atoms with Crippen molar-refractivity contribution < 1.29 is 14.3 Å². The fraction of sp³-hybridized carbons (Fsp3) is 0.467. The molecule has 0 spiro atoms. The van der Waals surface area contributed by atoms with Crippen molar-refractivity contribution in [3.8, 4) is 0 Å². The second-order valence-electron chi connectivity index (χ2n) is 4.71. The molecule has 0 fully saturated rings. The number of amides is 2. The molecule has 2 amide bonds. The third kappa shape index (κ3) is 5.43. The number of esters is 1. The first kappa shape index (κ1) is 17.0. The van der Waals surface area contributed by atoms with Crippen LogP contribution in [-0.4, -0.2) is 31.7 Å². The first-order valence-corrected chi connectivity index (χ1v) is 6.99. The lowest BCUT2D eigenvalue weighted by Gasteiger charge is -2.15. The van der Waals surface area contributed by atoms with Crippen LogP contribution in [-0.2, 0) is 9.53 Å². The molecule has 1 aromatic rings. The molecule has 1 aromatic carbocycles. The maximum atomic E-state index is 11.8. The highest BCUT2D eigenvalue weighted by molar-refractivity contribution is 5.92. The largest absolute Gasteiger partial charge is 0.464 e. The van der Waals surface area contributed by atoms with E-state index >= 15 is 0 Å². The van der Waals surface area contributed by atoms with E-state index in [4.69, 9.17) is 4.74 Å². The molecule has 0 aromatic heterocycles. The highest BCUT2D eigenvalue weighted by Gasteiger charge is 2.16. The van der Waals surface area contributed by atoms with Gasteiger partial charge in [0.15, 0.2) is 0 Å². The number of hydrogen-bond donors (Lipinski definition) is 3. The molecule has 0 heterocycles. The van der Waals surface area contributed by atoms with E-state index in [-0.39, 0.29) is 12.6 Å². The molecule has 0 saturated carbocycles. The Labute approximate surface area is 125 Å². The standard InChI is InChI=1S/C15H23N3O3/c1-5-21-14(19)11(3)17-15(20)18-13-8-6-7-12(9-13)10(2)16-4/h6-11,16H,5H2,1-4H3,(H2,17,18,20). The van der Waals surface area contributed by atoms with Crippen LogP contribution in [0.3, 0.4) is 0 Å². The number of carbonyl (C=O) groups is 2. The molecule has 0 saturated heterocycles. The highest BCUT2D eigenvalue weighted by Crippen LogP contribution is 2.16. The molecule has 2 unspecified atom stereocenters. The number of carbonyl (C=O) groups excluding carboxylic acids is 2. The molecule has 0 aliphatic heterocycles. The van der Waals surface area contributed by atoms with Crippen LogP contribution in [0.1, 0.15) is 32.4 Å². The van der Waals surface area contributed by atoms with Crippen LogP contribution in [0, 0.1) is 0 Å². The van der Waals surface area contributed by atoms with Crippen LogP contribution < -0.4 is 16.0 Å². The Hall–Kier alpha value is -2.08. The van der Waals surface area contributed by atoms with Gasteiger partial charge in [0.05, 0.1) is 6.61 Å². The van der Waals surface area contributed by atoms with E-state index in [1.54, 1.807) is 19.9 Å². The van der Waals surface area contributed by atoms with Crippen LogP contribution in [0.4, 0.5) is 10.5 Å². The monoisotopic (exact) mass is 293 g/mol. The fourth-order valence-electron chi connectivity index (χ4n) is 1.74. The Bertz CT molecular complexity index is 491. The Morgan fingerprint density at radius 3 is 2.62 bits per heavy atom. The van der Waals surface area contributed by atoms with Gasteiger partial charge in [-0.05, 0) is 45.5 Å². The van der Waals surface area contributed by atoms with Gasteiger partial charge in [-0.2, -0.15) is 0 Å². The zero-order valence-electron chi connectivity index (χ0n) is 12.9. The van der Waals surface area contributed by atoms with Crippen LogP contribution in [0.2, 0.25) is 0 Å². The lowest BCUT2D eigenvalue weighted by Crippen LogP contribution is -2.41. The molecule has 1 rings (SSSR count). The molecule has 116 valence electrons. The molecular weight excluding hydrogens is 270 g/mol. The summed E-state index contributed by atoms with van der Waals surface area (Å²) in [6, 6.07) is 6.58. The Morgan fingerprint density at radius 1 is 1.29 bits per heavy atom.